The Balaban J connectivity index is 2.59. The van der Waals surface area contributed by atoms with Crippen LogP contribution in [0.3, 0.4) is 0 Å². The molecule has 0 aliphatic carbocycles. The van der Waals surface area contributed by atoms with Gasteiger partial charge in [-0.05, 0) is 18.6 Å². The Morgan fingerprint density at radius 1 is 1.56 bits per heavy atom. The number of methoxy groups -OCH3 is 1. The standard InChI is InChI=1S/C12H17N3O/c1-15(7-6-10(14)9-13)11-4-3-5-12(8-11)16-2/h3-5,8,10H,6-7,14H2,1-2H3. The van der Waals surface area contributed by atoms with Gasteiger partial charge in [-0.25, -0.2) is 0 Å². The smallest absolute Gasteiger partial charge is 0.120 e. The number of nitriles is 1. The van der Waals surface area contributed by atoms with Gasteiger partial charge in [-0.1, -0.05) is 6.07 Å². The van der Waals surface area contributed by atoms with Crippen molar-refractivity contribution in [2.75, 3.05) is 25.6 Å². The largest absolute Gasteiger partial charge is 0.497 e. The van der Waals surface area contributed by atoms with Crippen LogP contribution in [0, 0.1) is 11.3 Å². The van der Waals surface area contributed by atoms with Gasteiger partial charge in [-0.15, -0.1) is 0 Å². The van der Waals surface area contributed by atoms with E-state index in [2.05, 4.69) is 4.90 Å². The van der Waals surface area contributed by atoms with Crippen LogP contribution in [-0.2, 0) is 0 Å². The number of hydrogen-bond donors (Lipinski definition) is 1. The molecule has 1 aromatic carbocycles. The Bertz CT molecular complexity index is 373. The molecule has 0 saturated heterocycles. The van der Waals surface area contributed by atoms with Crippen LogP contribution in [0.15, 0.2) is 24.3 Å². The molecular weight excluding hydrogens is 202 g/mol. The number of rotatable bonds is 5. The van der Waals surface area contributed by atoms with Crippen molar-refractivity contribution in [3.05, 3.63) is 24.3 Å². The van der Waals surface area contributed by atoms with Crippen molar-refractivity contribution in [2.45, 2.75) is 12.5 Å². The van der Waals surface area contributed by atoms with Crippen LogP contribution < -0.4 is 15.4 Å². The number of benzene rings is 1. The molecule has 4 nitrogen and oxygen atoms in total. The maximum atomic E-state index is 8.59. The fourth-order valence-corrected chi connectivity index (χ4v) is 1.37. The summed E-state index contributed by atoms with van der Waals surface area (Å²) in [6.07, 6.45) is 0.657. The lowest BCUT2D eigenvalue weighted by atomic mass is 10.2. The molecule has 0 bridgehead atoms. The van der Waals surface area contributed by atoms with Crippen LogP contribution in [0.2, 0.25) is 0 Å². The minimum atomic E-state index is -0.395. The molecule has 86 valence electrons. The zero-order chi connectivity index (χ0) is 12.0. The second-order valence-corrected chi connectivity index (χ2v) is 3.65. The molecule has 2 N–H and O–H groups in total. The van der Waals surface area contributed by atoms with E-state index in [9.17, 15) is 0 Å². The fourth-order valence-electron chi connectivity index (χ4n) is 1.37. The van der Waals surface area contributed by atoms with E-state index in [0.29, 0.717) is 6.42 Å². The van der Waals surface area contributed by atoms with Gasteiger partial charge in [0, 0.05) is 25.3 Å². The van der Waals surface area contributed by atoms with Gasteiger partial charge in [-0.3, -0.25) is 0 Å². The Morgan fingerprint density at radius 3 is 2.94 bits per heavy atom. The van der Waals surface area contributed by atoms with Crippen molar-refractivity contribution in [3.63, 3.8) is 0 Å². The molecular formula is C12H17N3O. The van der Waals surface area contributed by atoms with Crippen LogP contribution >= 0.6 is 0 Å². The van der Waals surface area contributed by atoms with Crippen LogP contribution in [0.4, 0.5) is 5.69 Å². The highest BCUT2D eigenvalue weighted by molar-refractivity contribution is 5.50. The first kappa shape index (κ1) is 12.3. The van der Waals surface area contributed by atoms with Crippen molar-refractivity contribution >= 4 is 5.69 Å². The van der Waals surface area contributed by atoms with Gasteiger partial charge in [0.15, 0.2) is 0 Å². The summed E-state index contributed by atoms with van der Waals surface area (Å²) >= 11 is 0. The third-order valence-electron chi connectivity index (χ3n) is 2.44. The molecule has 0 aliphatic rings. The Kier molecular flexibility index (Phi) is 4.62. The molecule has 1 rings (SSSR count). The van der Waals surface area contributed by atoms with Gasteiger partial charge in [0.1, 0.15) is 5.75 Å². The van der Waals surface area contributed by atoms with Gasteiger partial charge in [0.05, 0.1) is 19.2 Å². The highest BCUT2D eigenvalue weighted by Crippen LogP contribution is 2.19. The summed E-state index contributed by atoms with van der Waals surface area (Å²) in [5, 5.41) is 8.59. The Morgan fingerprint density at radius 2 is 2.31 bits per heavy atom. The van der Waals surface area contributed by atoms with E-state index in [1.165, 1.54) is 0 Å². The molecule has 4 heteroatoms. The van der Waals surface area contributed by atoms with E-state index < -0.39 is 6.04 Å². The van der Waals surface area contributed by atoms with Crippen LogP contribution in [0.1, 0.15) is 6.42 Å². The molecule has 16 heavy (non-hydrogen) atoms. The Hall–Kier alpha value is -1.73. The zero-order valence-corrected chi connectivity index (χ0v) is 9.68. The van der Waals surface area contributed by atoms with Crippen molar-refractivity contribution in [1.29, 1.82) is 5.26 Å². The fraction of sp³-hybridized carbons (Fsp3) is 0.417. The lowest BCUT2D eigenvalue weighted by Crippen LogP contribution is -2.26. The minimum absolute atomic E-state index is 0.395. The second-order valence-electron chi connectivity index (χ2n) is 3.65. The van der Waals surface area contributed by atoms with Crippen molar-refractivity contribution in [3.8, 4) is 11.8 Å². The highest BCUT2D eigenvalue weighted by atomic mass is 16.5. The summed E-state index contributed by atoms with van der Waals surface area (Å²) in [6, 6.07) is 9.42. The summed E-state index contributed by atoms with van der Waals surface area (Å²) in [5.74, 6) is 0.828. The molecule has 0 spiro atoms. The maximum Gasteiger partial charge on any atom is 0.120 e. The zero-order valence-electron chi connectivity index (χ0n) is 9.68. The van der Waals surface area contributed by atoms with Gasteiger partial charge < -0.3 is 15.4 Å². The highest BCUT2D eigenvalue weighted by Gasteiger charge is 2.05. The normalized spacial score (nSPS) is 11.6. The molecule has 0 saturated carbocycles. The number of anilines is 1. The lowest BCUT2D eigenvalue weighted by Gasteiger charge is -2.20. The number of nitrogens with two attached hydrogens (primary N) is 1. The molecule has 0 aliphatic heterocycles. The van der Waals surface area contributed by atoms with Crippen LogP contribution in [0.25, 0.3) is 0 Å². The summed E-state index contributed by atoms with van der Waals surface area (Å²) in [7, 11) is 3.61. The first-order valence-corrected chi connectivity index (χ1v) is 5.17. The number of ether oxygens (including phenoxy) is 1. The molecule has 0 radical (unpaired) electrons. The molecule has 0 fully saturated rings. The van der Waals surface area contributed by atoms with Crippen molar-refractivity contribution in [2.24, 2.45) is 5.73 Å². The van der Waals surface area contributed by atoms with Gasteiger partial charge in [-0.2, -0.15) is 5.26 Å². The molecule has 1 unspecified atom stereocenters. The van der Waals surface area contributed by atoms with Gasteiger partial charge >= 0.3 is 0 Å². The van der Waals surface area contributed by atoms with E-state index in [-0.39, 0.29) is 0 Å². The molecule has 1 aromatic rings. The first-order chi connectivity index (χ1) is 7.67. The number of nitrogens with zero attached hydrogens (tertiary/aromatic N) is 2. The average molecular weight is 219 g/mol. The molecule has 0 amide bonds. The summed E-state index contributed by atoms with van der Waals surface area (Å²) < 4.78 is 5.15. The molecule has 0 aromatic heterocycles. The monoisotopic (exact) mass is 219 g/mol. The third-order valence-corrected chi connectivity index (χ3v) is 2.44. The van der Waals surface area contributed by atoms with E-state index >= 15 is 0 Å². The molecule has 1 atom stereocenters. The number of hydrogen-bond acceptors (Lipinski definition) is 4. The Labute approximate surface area is 96.2 Å². The van der Waals surface area contributed by atoms with E-state index in [1.807, 2.05) is 37.4 Å². The van der Waals surface area contributed by atoms with Gasteiger partial charge in [0.25, 0.3) is 0 Å². The lowest BCUT2D eigenvalue weighted by molar-refractivity contribution is 0.415. The van der Waals surface area contributed by atoms with Crippen LogP contribution in [-0.4, -0.2) is 26.7 Å². The van der Waals surface area contributed by atoms with Crippen molar-refractivity contribution < 1.29 is 4.74 Å². The average Bonchev–Trinajstić information content (AvgIpc) is 2.35. The first-order valence-electron chi connectivity index (χ1n) is 5.17. The predicted octanol–water partition coefficient (Wildman–Crippen LogP) is 1.37. The molecule has 0 heterocycles. The van der Waals surface area contributed by atoms with E-state index in [4.69, 9.17) is 15.7 Å². The van der Waals surface area contributed by atoms with Crippen molar-refractivity contribution in [1.82, 2.24) is 0 Å². The summed E-state index contributed by atoms with van der Waals surface area (Å²) in [6.45, 7) is 0.752. The van der Waals surface area contributed by atoms with E-state index in [0.717, 1.165) is 18.0 Å². The van der Waals surface area contributed by atoms with Crippen LogP contribution in [0.5, 0.6) is 5.75 Å². The quantitative estimate of drug-likeness (QED) is 0.812. The van der Waals surface area contributed by atoms with Gasteiger partial charge in [0.2, 0.25) is 0 Å². The third kappa shape index (κ3) is 3.44. The SMILES string of the molecule is COc1cccc(N(C)CCC(N)C#N)c1. The minimum Gasteiger partial charge on any atom is -0.497 e. The summed E-state index contributed by atoms with van der Waals surface area (Å²) in [4.78, 5) is 2.06. The maximum absolute atomic E-state index is 8.59. The predicted molar refractivity (Wildman–Crippen MR) is 64.5 cm³/mol. The second kappa shape index (κ2) is 5.99. The summed E-state index contributed by atoms with van der Waals surface area (Å²) in [5.41, 5.74) is 6.60. The van der Waals surface area contributed by atoms with E-state index in [1.54, 1.807) is 7.11 Å². The topological polar surface area (TPSA) is 62.3 Å².